The standard InChI is InChI=1S/C21H31N5O3S/c1-15-11-18(21(4,5)6)12-16(2)19(15)30(28,29)25-9-7-24(8-10-25)20(27)17(3)26-14-22-13-23-26/h11-14,17H,7-10H2,1-6H3. The van der Waals surface area contributed by atoms with Gasteiger partial charge in [-0.25, -0.2) is 18.1 Å². The van der Waals surface area contributed by atoms with E-state index in [-0.39, 0.29) is 24.4 Å². The van der Waals surface area contributed by atoms with E-state index in [2.05, 4.69) is 30.9 Å². The van der Waals surface area contributed by atoms with E-state index in [0.717, 1.165) is 16.7 Å². The van der Waals surface area contributed by atoms with Gasteiger partial charge in [0.2, 0.25) is 15.9 Å². The van der Waals surface area contributed by atoms with Gasteiger partial charge in [0, 0.05) is 26.2 Å². The molecule has 8 nitrogen and oxygen atoms in total. The first-order chi connectivity index (χ1) is 13.9. The van der Waals surface area contributed by atoms with Crippen LogP contribution in [-0.2, 0) is 20.2 Å². The van der Waals surface area contributed by atoms with E-state index in [0.29, 0.717) is 18.0 Å². The Hall–Kier alpha value is -2.26. The molecule has 1 fully saturated rings. The van der Waals surface area contributed by atoms with Gasteiger partial charge < -0.3 is 4.90 Å². The predicted octanol–water partition coefficient (Wildman–Crippen LogP) is 2.29. The summed E-state index contributed by atoms with van der Waals surface area (Å²) in [6.45, 7) is 13.1. The number of aryl methyl sites for hydroxylation is 2. The van der Waals surface area contributed by atoms with Gasteiger partial charge in [0.1, 0.15) is 18.7 Å². The minimum atomic E-state index is -3.63. The number of hydrogen-bond acceptors (Lipinski definition) is 5. The van der Waals surface area contributed by atoms with Crippen LogP contribution in [-0.4, -0.2) is 64.5 Å². The quantitative estimate of drug-likeness (QED) is 0.738. The fourth-order valence-corrected chi connectivity index (χ4v) is 5.70. The van der Waals surface area contributed by atoms with Gasteiger partial charge in [0.05, 0.1) is 4.90 Å². The molecule has 1 aromatic heterocycles. The summed E-state index contributed by atoms with van der Waals surface area (Å²) in [5, 5.41) is 4.02. The first-order valence-corrected chi connectivity index (χ1v) is 11.6. The average molecular weight is 434 g/mol. The Morgan fingerprint density at radius 3 is 2.10 bits per heavy atom. The van der Waals surface area contributed by atoms with Gasteiger partial charge in [-0.05, 0) is 42.9 Å². The molecule has 2 heterocycles. The highest BCUT2D eigenvalue weighted by Crippen LogP contribution is 2.31. The number of hydrogen-bond donors (Lipinski definition) is 0. The van der Waals surface area contributed by atoms with Crippen molar-refractivity contribution < 1.29 is 13.2 Å². The first kappa shape index (κ1) is 22.4. The second-order valence-electron chi connectivity index (χ2n) is 8.97. The van der Waals surface area contributed by atoms with Crippen molar-refractivity contribution in [2.75, 3.05) is 26.2 Å². The molecule has 1 aromatic carbocycles. The van der Waals surface area contributed by atoms with Crippen LogP contribution in [0.1, 0.15) is 50.4 Å². The summed E-state index contributed by atoms with van der Waals surface area (Å²) in [6.07, 6.45) is 2.90. The number of benzene rings is 1. The van der Waals surface area contributed by atoms with E-state index in [9.17, 15) is 13.2 Å². The van der Waals surface area contributed by atoms with Crippen LogP contribution in [0, 0.1) is 13.8 Å². The number of aromatic nitrogens is 3. The fourth-order valence-electron chi connectivity index (χ4n) is 3.86. The molecule has 0 spiro atoms. The number of nitrogens with zero attached hydrogens (tertiary/aromatic N) is 5. The van der Waals surface area contributed by atoms with Gasteiger partial charge in [0.15, 0.2) is 0 Å². The van der Waals surface area contributed by atoms with E-state index in [1.807, 2.05) is 26.0 Å². The summed E-state index contributed by atoms with van der Waals surface area (Å²) in [4.78, 5) is 18.7. The van der Waals surface area contributed by atoms with Crippen molar-refractivity contribution in [2.24, 2.45) is 0 Å². The smallest absolute Gasteiger partial charge is 0.247 e. The topological polar surface area (TPSA) is 88.4 Å². The molecule has 1 amide bonds. The van der Waals surface area contributed by atoms with Gasteiger partial charge >= 0.3 is 0 Å². The van der Waals surface area contributed by atoms with Gasteiger partial charge in [0.25, 0.3) is 0 Å². The molecule has 0 aliphatic carbocycles. The lowest BCUT2D eigenvalue weighted by Gasteiger charge is -2.35. The second kappa shape index (κ2) is 8.11. The molecule has 30 heavy (non-hydrogen) atoms. The molecule has 0 radical (unpaired) electrons. The zero-order valence-electron chi connectivity index (χ0n) is 18.6. The molecular formula is C21H31N5O3S. The number of rotatable bonds is 4. The summed E-state index contributed by atoms with van der Waals surface area (Å²) < 4.78 is 29.8. The van der Waals surface area contributed by atoms with Gasteiger partial charge in [-0.1, -0.05) is 32.9 Å². The molecule has 1 atom stereocenters. The van der Waals surface area contributed by atoms with Gasteiger partial charge in [-0.3, -0.25) is 4.79 Å². The highest BCUT2D eigenvalue weighted by Gasteiger charge is 2.34. The van der Waals surface area contributed by atoms with Crippen LogP contribution < -0.4 is 0 Å². The third kappa shape index (κ3) is 4.27. The zero-order chi connectivity index (χ0) is 22.3. The van der Waals surface area contributed by atoms with Crippen LogP contribution in [0.15, 0.2) is 29.7 Å². The summed E-state index contributed by atoms with van der Waals surface area (Å²) in [6, 6.07) is 3.48. The Morgan fingerprint density at radius 2 is 1.63 bits per heavy atom. The largest absolute Gasteiger partial charge is 0.338 e. The van der Waals surface area contributed by atoms with E-state index >= 15 is 0 Å². The van der Waals surface area contributed by atoms with Crippen molar-refractivity contribution in [3.05, 3.63) is 41.5 Å². The molecule has 3 rings (SSSR count). The molecule has 0 saturated carbocycles. The Labute approximate surface area is 178 Å². The average Bonchev–Trinajstić information content (AvgIpc) is 3.20. The highest BCUT2D eigenvalue weighted by molar-refractivity contribution is 7.89. The summed E-state index contributed by atoms with van der Waals surface area (Å²) in [7, 11) is -3.63. The first-order valence-electron chi connectivity index (χ1n) is 10.2. The van der Waals surface area contributed by atoms with Crippen LogP contribution in [0.3, 0.4) is 0 Å². The molecular weight excluding hydrogens is 402 g/mol. The van der Waals surface area contributed by atoms with E-state index < -0.39 is 16.1 Å². The molecule has 1 aliphatic heterocycles. The molecule has 0 bridgehead atoms. The third-order valence-electron chi connectivity index (χ3n) is 5.67. The number of carbonyl (C=O) groups is 1. The number of sulfonamides is 1. The van der Waals surface area contributed by atoms with Crippen molar-refractivity contribution in [3.63, 3.8) is 0 Å². The van der Waals surface area contributed by atoms with Crippen molar-refractivity contribution >= 4 is 15.9 Å². The maximum atomic E-state index is 13.4. The maximum absolute atomic E-state index is 13.4. The number of piperazine rings is 1. The Kier molecular flexibility index (Phi) is 6.06. The van der Waals surface area contributed by atoms with Crippen LogP contribution in [0.5, 0.6) is 0 Å². The van der Waals surface area contributed by atoms with E-state index in [4.69, 9.17) is 0 Å². The van der Waals surface area contributed by atoms with Crippen molar-refractivity contribution in [2.45, 2.75) is 57.9 Å². The van der Waals surface area contributed by atoms with Crippen molar-refractivity contribution in [1.82, 2.24) is 24.0 Å². The van der Waals surface area contributed by atoms with Crippen LogP contribution >= 0.6 is 0 Å². The zero-order valence-corrected chi connectivity index (χ0v) is 19.4. The molecule has 2 aromatic rings. The summed E-state index contributed by atoms with van der Waals surface area (Å²) >= 11 is 0. The lowest BCUT2D eigenvalue weighted by atomic mass is 9.85. The SMILES string of the molecule is Cc1cc(C(C)(C)C)cc(C)c1S(=O)(=O)N1CCN(C(=O)C(C)n2cncn2)CC1. The molecule has 164 valence electrons. The molecule has 0 N–H and O–H groups in total. The Morgan fingerprint density at radius 1 is 1.07 bits per heavy atom. The van der Waals surface area contributed by atoms with Crippen LogP contribution in [0.2, 0.25) is 0 Å². The Bertz CT molecular complexity index is 994. The predicted molar refractivity (Wildman–Crippen MR) is 115 cm³/mol. The van der Waals surface area contributed by atoms with Gasteiger partial charge in [-0.2, -0.15) is 9.40 Å². The van der Waals surface area contributed by atoms with Crippen molar-refractivity contribution in [1.29, 1.82) is 0 Å². The minimum Gasteiger partial charge on any atom is -0.338 e. The highest BCUT2D eigenvalue weighted by atomic mass is 32.2. The second-order valence-corrected chi connectivity index (χ2v) is 10.8. The van der Waals surface area contributed by atoms with Gasteiger partial charge in [-0.15, -0.1) is 0 Å². The van der Waals surface area contributed by atoms with Crippen LogP contribution in [0.25, 0.3) is 0 Å². The monoisotopic (exact) mass is 433 g/mol. The van der Waals surface area contributed by atoms with Crippen molar-refractivity contribution in [3.8, 4) is 0 Å². The summed E-state index contributed by atoms with van der Waals surface area (Å²) in [5.74, 6) is -0.0839. The number of carbonyl (C=O) groups excluding carboxylic acids is 1. The molecule has 1 unspecified atom stereocenters. The van der Waals surface area contributed by atoms with E-state index in [1.165, 1.54) is 21.6 Å². The fraction of sp³-hybridized carbons (Fsp3) is 0.571. The normalized spacial score (nSPS) is 17.2. The molecule has 9 heteroatoms. The third-order valence-corrected chi connectivity index (χ3v) is 7.87. The molecule has 1 aliphatic rings. The van der Waals surface area contributed by atoms with E-state index in [1.54, 1.807) is 11.8 Å². The minimum absolute atomic E-state index is 0.0510. The number of amides is 1. The lowest BCUT2D eigenvalue weighted by molar-refractivity contribution is -0.135. The molecule has 1 saturated heterocycles. The summed E-state index contributed by atoms with van der Waals surface area (Å²) in [5.41, 5.74) is 2.59. The lowest BCUT2D eigenvalue weighted by Crippen LogP contribution is -2.52. The Balaban J connectivity index is 1.76. The maximum Gasteiger partial charge on any atom is 0.247 e. The van der Waals surface area contributed by atoms with Crippen LogP contribution in [0.4, 0.5) is 0 Å².